The molecule has 2 heterocycles. The Balaban J connectivity index is 1.52. The van der Waals surface area contributed by atoms with E-state index in [4.69, 9.17) is 5.73 Å². The van der Waals surface area contributed by atoms with Gasteiger partial charge in [0.25, 0.3) is 11.8 Å². The molecule has 0 aliphatic carbocycles. The van der Waals surface area contributed by atoms with Crippen LogP contribution in [-0.4, -0.2) is 98.4 Å². The van der Waals surface area contributed by atoms with Gasteiger partial charge in [0.2, 0.25) is 17.7 Å². The Labute approximate surface area is 310 Å². The molecule has 16 heteroatoms. The largest absolute Gasteiger partial charge is 0.480 e. The van der Waals surface area contributed by atoms with E-state index in [0.29, 0.717) is 22.7 Å². The second-order valence-corrected chi connectivity index (χ2v) is 13.9. The molecular weight excluding hydrogens is 706 g/mol. The fourth-order valence-electron chi connectivity index (χ4n) is 6.19. The number of aliphatic hydroxyl groups is 1. The number of benzene rings is 2. The van der Waals surface area contributed by atoms with Crippen molar-refractivity contribution in [1.82, 2.24) is 25.0 Å². The third-order valence-electron chi connectivity index (χ3n) is 8.82. The number of imide groups is 1. The summed E-state index contributed by atoms with van der Waals surface area (Å²) in [6, 6.07) is 10.5. The van der Waals surface area contributed by atoms with E-state index < -0.39 is 83.8 Å². The van der Waals surface area contributed by atoms with Gasteiger partial charge in [-0.15, -0.1) is 0 Å². The van der Waals surface area contributed by atoms with Crippen molar-refractivity contribution in [2.75, 3.05) is 26.2 Å². The van der Waals surface area contributed by atoms with Crippen LogP contribution in [0.5, 0.6) is 0 Å². The van der Waals surface area contributed by atoms with Crippen molar-refractivity contribution >= 4 is 35.5 Å². The molecule has 0 unspecified atom stereocenters. The molecule has 14 nitrogen and oxygen atoms in total. The average molecular weight is 751 g/mol. The average Bonchev–Trinajstić information content (AvgIpc) is 3.67. The molecule has 3 aromatic rings. The number of nitrogens with zero attached hydrogens (tertiary/aromatic N) is 3. The van der Waals surface area contributed by atoms with Gasteiger partial charge in [-0.2, -0.15) is 0 Å². The summed E-state index contributed by atoms with van der Waals surface area (Å²) in [5.41, 5.74) is 7.26. The highest BCUT2D eigenvalue weighted by molar-refractivity contribution is 6.14. The van der Waals surface area contributed by atoms with Gasteiger partial charge in [-0.1, -0.05) is 51.1 Å². The molecule has 2 aromatic carbocycles. The molecule has 0 saturated heterocycles. The number of aromatic nitrogens is 1. The SMILES string of the molecule is CC(C)(C)[C@H](c1cc(-c2cc(F)ccc2F)cn1Cc1ccccc1)N(CC[C@H](N)C(=O)N[C@H](CCNC(=O)CN1C(=O)C=CC1=O)C(=O)O)C(=O)CO. The fraction of sp³-hybridized carbons (Fsp3) is 0.368. The molecule has 1 aromatic heterocycles. The van der Waals surface area contributed by atoms with Crippen molar-refractivity contribution in [3.63, 3.8) is 0 Å². The minimum absolute atomic E-state index is 0.0103. The lowest BCUT2D eigenvalue weighted by atomic mass is 9.82. The van der Waals surface area contributed by atoms with E-state index in [9.17, 15) is 43.4 Å². The van der Waals surface area contributed by atoms with Gasteiger partial charge < -0.3 is 36.0 Å². The van der Waals surface area contributed by atoms with Gasteiger partial charge in [-0.05, 0) is 48.1 Å². The number of halogens is 2. The number of hydrogen-bond donors (Lipinski definition) is 5. The number of amides is 5. The zero-order valence-electron chi connectivity index (χ0n) is 30.1. The first kappa shape index (κ1) is 41.0. The van der Waals surface area contributed by atoms with Crippen LogP contribution in [0.3, 0.4) is 0 Å². The molecule has 0 spiro atoms. The molecule has 0 fully saturated rings. The van der Waals surface area contributed by atoms with E-state index in [0.717, 1.165) is 35.9 Å². The van der Waals surface area contributed by atoms with E-state index >= 15 is 4.39 Å². The maximum atomic E-state index is 15.0. The van der Waals surface area contributed by atoms with Crippen molar-refractivity contribution < 1.29 is 47.8 Å². The van der Waals surface area contributed by atoms with Crippen LogP contribution < -0.4 is 16.4 Å². The standard InChI is InChI=1S/C38H44F2N6O8/c1-38(2,3)35(30-17-24(26-18-25(39)9-10-27(26)40)20-44(30)19-23-7-5-4-6-8-23)45(34(51)22-47)16-14-28(41)36(52)43-29(37(53)54)13-15-42-31(48)21-46-32(49)11-12-33(46)50/h4-12,17-18,20,28-29,35,47H,13-16,19,21-22,41H2,1-3H3,(H,42,48)(H,43,52)(H,53,54)/t28-,29+,35-/m0/s1. The number of aliphatic hydroxyl groups excluding tert-OH is 1. The maximum Gasteiger partial charge on any atom is 0.326 e. The van der Waals surface area contributed by atoms with Crippen LogP contribution in [0, 0.1) is 17.0 Å². The van der Waals surface area contributed by atoms with Crippen molar-refractivity contribution in [2.24, 2.45) is 11.1 Å². The lowest BCUT2D eigenvalue weighted by molar-refractivity contribution is -0.142. The zero-order valence-corrected chi connectivity index (χ0v) is 30.1. The van der Waals surface area contributed by atoms with Gasteiger partial charge in [0.1, 0.15) is 30.8 Å². The smallest absolute Gasteiger partial charge is 0.326 e. The minimum atomic E-state index is -1.47. The molecule has 0 bridgehead atoms. The fourth-order valence-corrected chi connectivity index (χ4v) is 6.19. The molecule has 1 aliphatic rings. The van der Waals surface area contributed by atoms with Gasteiger partial charge in [-0.25, -0.2) is 13.6 Å². The molecule has 0 radical (unpaired) electrons. The van der Waals surface area contributed by atoms with Crippen molar-refractivity contribution in [2.45, 2.75) is 58.3 Å². The van der Waals surface area contributed by atoms with Gasteiger partial charge in [-0.3, -0.25) is 28.9 Å². The highest BCUT2D eigenvalue weighted by Crippen LogP contribution is 2.41. The lowest BCUT2D eigenvalue weighted by Gasteiger charge is -2.41. The van der Waals surface area contributed by atoms with Crippen LogP contribution in [0.2, 0.25) is 0 Å². The van der Waals surface area contributed by atoms with Crippen molar-refractivity contribution in [3.8, 4) is 11.1 Å². The van der Waals surface area contributed by atoms with Crippen molar-refractivity contribution in [3.05, 3.63) is 95.8 Å². The molecule has 5 amide bonds. The first-order valence-electron chi connectivity index (χ1n) is 17.2. The van der Waals surface area contributed by atoms with E-state index in [1.165, 1.54) is 4.90 Å². The number of carboxylic acid groups (broad SMARTS) is 1. The number of nitrogens with one attached hydrogen (secondary N) is 2. The summed E-state index contributed by atoms with van der Waals surface area (Å²) in [5, 5.41) is 24.5. The first-order valence-corrected chi connectivity index (χ1v) is 17.2. The van der Waals surface area contributed by atoms with Crippen LogP contribution in [0.1, 0.15) is 50.9 Å². The number of aliphatic carboxylic acids is 1. The molecule has 1 aliphatic heterocycles. The summed E-state index contributed by atoms with van der Waals surface area (Å²) < 4.78 is 31.1. The van der Waals surface area contributed by atoms with Gasteiger partial charge in [0, 0.05) is 54.8 Å². The second-order valence-electron chi connectivity index (χ2n) is 13.9. The number of carbonyl (C=O) groups excluding carboxylic acids is 5. The Morgan fingerprint density at radius 2 is 1.63 bits per heavy atom. The lowest BCUT2D eigenvalue weighted by Crippen LogP contribution is -2.51. The van der Waals surface area contributed by atoms with E-state index in [1.807, 2.05) is 55.7 Å². The quantitative estimate of drug-likeness (QED) is 0.128. The number of carboxylic acids is 1. The highest BCUT2D eigenvalue weighted by Gasteiger charge is 2.38. The Hall–Kier alpha value is -5.74. The topological polar surface area (TPSA) is 204 Å². The van der Waals surface area contributed by atoms with E-state index in [2.05, 4.69) is 10.6 Å². The number of carbonyl (C=O) groups is 6. The van der Waals surface area contributed by atoms with Gasteiger partial charge in [0.15, 0.2) is 0 Å². The number of nitrogens with two attached hydrogens (primary N) is 1. The molecule has 0 saturated carbocycles. The Bertz CT molecular complexity index is 1890. The monoisotopic (exact) mass is 750 g/mol. The molecule has 54 heavy (non-hydrogen) atoms. The summed E-state index contributed by atoms with van der Waals surface area (Å²) in [5.74, 6) is -6.26. The number of hydrogen-bond acceptors (Lipinski definition) is 8. The van der Waals surface area contributed by atoms with E-state index in [-0.39, 0.29) is 31.5 Å². The van der Waals surface area contributed by atoms with Crippen molar-refractivity contribution in [1.29, 1.82) is 0 Å². The maximum absolute atomic E-state index is 15.0. The molecule has 4 rings (SSSR count). The van der Waals surface area contributed by atoms with Crippen LogP contribution in [-0.2, 0) is 35.3 Å². The highest BCUT2D eigenvalue weighted by atomic mass is 19.1. The predicted molar refractivity (Wildman–Crippen MR) is 192 cm³/mol. The van der Waals surface area contributed by atoms with Crippen LogP contribution in [0.25, 0.3) is 11.1 Å². The third kappa shape index (κ3) is 10.4. The zero-order chi connectivity index (χ0) is 39.7. The third-order valence-corrected chi connectivity index (χ3v) is 8.82. The molecule has 3 atom stereocenters. The van der Waals surface area contributed by atoms with Crippen LogP contribution >= 0.6 is 0 Å². The second kappa shape index (κ2) is 17.9. The van der Waals surface area contributed by atoms with Gasteiger partial charge in [0.05, 0.1) is 12.1 Å². The summed E-state index contributed by atoms with van der Waals surface area (Å²) in [6.45, 7) is 4.05. The predicted octanol–water partition coefficient (Wildman–Crippen LogP) is 2.11. The Kier molecular flexibility index (Phi) is 13.6. The molecular formula is C38H44F2N6O8. The summed E-state index contributed by atoms with van der Waals surface area (Å²) >= 11 is 0. The van der Waals surface area contributed by atoms with Crippen LogP contribution in [0.15, 0.2) is 72.9 Å². The van der Waals surface area contributed by atoms with E-state index in [1.54, 1.807) is 12.3 Å². The summed E-state index contributed by atoms with van der Waals surface area (Å²) in [7, 11) is 0. The first-order chi connectivity index (χ1) is 25.5. The number of rotatable bonds is 17. The molecule has 6 N–H and O–H groups in total. The van der Waals surface area contributed by atoms with Gasteiger partial charge >= 0.3 is 5.97 Å². The minimum Gasteiger partial charge on any atom is -0.480 e. The summed E-state index contributed by atoms with van der Waals surface area (Å²) in [4.78, 5) is 76.2. The summed E-state index contributed by atoms with van der Waals surface area (Å²) in [6.07, 6.45) is 3.29. The Morgan fingerprint density at radius 1 is 0.963 bits per heavy atom. The van der Waals surface area contributed by atoms with Crippen LogP contribution in [0.4, 0.5) is 8.78 Å². The normalized spacial score (nSPS) is 14.5. The molecule has 288 valence electrons. The Morgan fingerprint density at radius 3 is 2.24 bits per heavy atom.